The van der Waals surface area contributed by atoms with Crippen molar-refractivity contribution >= 4 is 18.3 Å². The van der Waals surface area contributed by atoms with Gasteiger partial charge in [0.05, 0.1) is 0 Å². The second-order valence-corrected chi connectivity index (χ2v) is 7.11. The number of hydrogen-bond donors (Lipinski definition) is 2. The minimum Gasteiger partial charge on any atom is -0.336 e. The Morgan fingerprint density at radius 1 is 1.12 bits per heavy atom. The van der Waals surface area contributed by atoms with Crippen molar-refractivity contribution in [3.63, 3.8) is 0 Å². The third kappa shape index (κ3) is 3.41. The molecule has 1 aliphatic carbocycles. The number of nitrogens with zero attached hydrogens (tertiary/aromatic N) is 1. The number of carbonyl (C=O) groups excluding carboxylic acids is 1. The van der Waals surface area contributed by atoms with E-state index in [-0.39, 0.29) is 41.4 Å². The summed E-state index contributed by atoms with van der Waals surface area (Å²) in [6, 6.07) is 11.7. The number of carbonyl (C=O) groups is 1. The molecule has 2 aromatic rings. The van der Waals surface area contributed by atoms with E-state index in [2.05, 4.69) is 4.98 Å². The number of halogens is 1. The largest absolute Gasteiger partial charge is 0.336 e. The summed E-state index contributed by atoms with van der Waals surface area (Å²) in [6.07, 6.45) is 4.02. The van der Waals surface area contributed by atoms with Gasteiger partial charge >= 0.3 is 0 Å². The van der Waals surface area contributed by atoms with Crippen LogP contribution < -0.4 is 11.3 Å². The number of fused-ring (bicyclic) bond motifs is 1. The van der Waals surface area contributed by atoms with E-state index in [1.165, 1.54) is 0 Å². The van der Waals surface area contributed by atoms with Gasteiger partial charge in [0.1, 0.15) is 5.56 Å². The average Bonchev–Trinajstić information content (AvgIpc) is 3.03. The van der Waals surface area contributed by atoms with Crippen LogP contribution in [0.25, 0.3) is 0 Å². The molecule has 1 fully saturated rings. The number of H-pyrrole nitrogens is 1. The van der Waals surface area contributed by atoms with Crippen LogP contribution in [0.5, 0.6) is 0 Å². The summed E-state index contributed by atoms with van der Waals surface area (Å²) in [5, 5.41) is 0. The molecule has 0 unspecified atom stereocenters. The highest BCUT2D eigenvalue weighted by molar-refractivity contribution is 5.94. The average molecular weight is 374 g/mol. The van der Waals surface area contributed by atoms with Crippen molar-refractivity contribution < 1.29 is 4.79 Å². The molecule has 1 amide bonds. The second-order valence-electron chi connectivity index (χ2n) is 7.11. The zero-order valence-electron chi connectivity index (χ0n) is 14.6. The Balaban J connectivity index is 0.00000196. The van der Waals surface area contributed by atoms with E-state index in [0.29, 0.717) is 13.1 Å². The Bertz CT molecular complexity index is 850. The third-order valence-corrected chi connectivity index (χ3v) is 5.45. The minimum absolute atomic E-state index is 0. The monoisotopic (exact) mass is 373 g/mol. The van der Waals surface area contributed by atoms with Gasteiger partial charge in [0.25, 0.3) is 11.5 Å². The highest BCUT2D eigenvalue weighted by atomic mass is 35.5. The van der Waals surface area contributed by atoms with Gasteiger partial charge in [-0.15, -0.1) is 12.4 Å². The first-order valence-corrected chi connectivity index (χ1v) is 8.98. The Hall–Kier alpha value is -2.11. The fourth-order valence-corrected chi connectivity index (χ4v) is 4.05. The zero-order valence-corrected chi connectivity index (χ0v) is 15.4. The summed E-state index contributed by atoms with van der Waals surface area (Å²) >= 11 is 0. The van der Waals surface area contributed by atoms with E-state index < -0.39 is 0 Å². The van der Waals surface area contributed by atoms with Crippen molar-refractivity contribution in [1.82, 2.24) is 9.88 Å². The Labute approximate surface area is 159 Å². The van der Waals surface area contributed by atoms with Gasteiger partial charge in [0.2, 0.25) is 0 Å². The number of rotatable bonds is 2. The lowest BCUT2D eigenvalue weighted by Crippen LogP contribution is -2.35. The molecular weight excluding hydrogens is 350 g/mol. The molecule has 0 bridgehead atoms. The molecule has 1 aliphatic heterocycles. The van der Waals surface area contributed by atoms with Crippen LogP contribution in [0.3, 0.4) is 0 Å². The molecule has 2 heterocycles. The number of nitrogens with one attached hydrogen (secondary N) is 1. The molecule has 138 valence electrons. The van der Waals surface area contributed by atoms with Crippen LogP contribution in [0.2, 0.25) is 0 Å². The van der Waals surface area contributed by atoms with E-state index in [4.69, 9.17) is 5.73 Å². The molecule has 1 aromatic heterocycles. The smallest absolute Gasteiger partial charge is 0.261 e. The number of likely N-dealkylation sites (tertiary alicyclic amines) is 1. The van der Waals surface area contributed by atoms with Crippen LogP contribution in [0, 0.1) is 0 Å². The molecule has 0 spiro atoms. The summed E-state index contributed by atoms with van der Waals surface area (Å²) in [7, 11) is 0. The summed E-state index contributed by atoms with van der Waals surface area (Å²) in [4.78, 5) is 30.0. The quantitative estimate of drug-likeness (QED) is 0.847. The summed E-state index contributed by atoms with van der Waals surface area (Å²) in [5.74, 6) is -0.0923. The van der Waals surface area contributed by atoms with Crippen molar-refractivity contribution in [2.75, 3.05) is 13.1 Å². The van der Waals surface area contributed by atoms with Crippen LogP contribution in [-0.2, 0) is 12.8 Å². The van der Waals surface area contributed by atoms with Gasteiger partial charge in [-0.2, -0.15) is 0 Å². The minimum atomic E-state index is -0.276. The predicted octanol–water partition coefficient (Wildman–Crippen LogP) is 2.24. The van der Waals surface area contributed by atoms with Gasteiger partial charge in [-0.1, -0.05) is 30.3 Å². The fourth-order valence-electron chi connectivity index (χ4n) is 4.05. The van der Waals surface area contributed by atoms with E-state index >= 15 is 0 Å². The number of benzene rings is 1. The number of hydrogen-bond acceptors (Lipinski definition) is 3. The van der Waals surface area contributed by atoms with E-state index in [0.717, 1.165) is 42.5 Å². The molecule has 2 atom stereocenters. The summed E-state index contributed by atoms with van der Waals surface area (Å²) in [6.45, 7) is 1.04. The number of aromatic amines is 1. The van der Waals surface area contributed by atoms with Crippen LogP contribution in [0.1, 0.15) is 45.9 Å². The van der Waals surface area contributed by atoms with Crippen LogP contribution >= 0.6 is 12.4 Å². The van der Waals surface area contributed by atoms with Crippen molar-refractivity contribution in [2.45, 2.75) is 37.6 Å². The van der Waals surface area contributed by atoms with Gasteiger partial charge in [-0.3, -0.25) is 9.59 Å². The van der Waals surface area contributed by atoms with Gasteiger partial charge in [-0.25, -0.2) is 0 Å². The topological polar surface area (TPSA) is 79.2 Å². The molecule has 0 saturated carbocycles. The van der Waals surface area contributed by atoms with E-state index in [1.807, 2.05) is 30.3 Å². The van der Waals surface area contributed by atoms with Crippen LogP contribution in [0.15, 0.2) is 41.2 Å². The fraction of sp³-hybridized carbons (Fsp3) is 0.400. The molecule has 5 nitrogen and oxygen atoms in total. The standard InChI is InChI=1S/C20H23N3O2.ClH/c21-17-12-23(11-16(17)13-6-2-1-3-7-13)20(25)15-10-14-8-4-5-9-18(14)22-19(15)24;/h1-3,6-7,10,16-17H,4-5,8-9,11-12,21H2,(H,22,24);1H/t16-,17+;/m0./s1. The van der Waals surface area contributed by atoms with Crippen LogP contribution in [0.4, 0.5) is 0 Å². The molecule has 6 heteroatoms. The highest BCUT2D eigenvalue weighted by Gasteiger charge is 2.35. The SMILES string of the molecule is Cl.N[C@@H]1CN(C(=O)c2cc3c([nH]c2=O)CCCC3)C[C@H]1c1ccccc1. The van der Waals surface area contributed by atoms with Gasteiger partial charge in [-0.05, 0) is 42.9 Å². The zero-order chi connectivity index (χ0) is 17.4. The first-order valence-electron chi connectivity index (χ1n) is 8.98. The summed E-state index contributed by atoms with van der Waals surface area (Å²) < 4.78 is 0. The lowest BCUT2D eigenvalue weighted by molar-refractivity contribution is 0.0787. The van der Waals surface area contributed by atoms with Crippen molar-refractivity contribution in [2.24, 2.45) is 5.73 Å². The lowest BCUT2D eigenvalue weighted by Gasteiger charge is -2.19. The Kier molecular flexibility index (Phi) is 5.49. The van der Waals surface area contributed by atoms with E-state index in [1.54, 1.807) is 11.0 Å². The maximum absolute atomic E-state index is 12.9. The predicted molar refractivity (Wildman–Crippen MR) is 104 cm³/mol. The number of aryl methyl sites for hydroxylation is 2. The molecule has 1 saturated heterocycles. The number of aromatic nitrogens is 1. The number of pyridine rings is 1. The summed E-state index contributed by atoms with van der Waals surface area (Å²) in [5.41, 5.74) is 9.51. The maximum Gasteiger partial charge on any atom is 0.261 e. The number of nitrogens with two attached hydrogens (primary N) is 1. The Morgan fingerprint density at radius 2 is 1.85 bits per heavy atom. The molecule has 26 heavy (non-hydrogen) atoms. The lowest BCUT2D eigenvalue weighted by atomic mass is 9.94. The third-order valence-electron chi connectivity index (χ3n) is 5.45. The molecule has 4 rings (SSSR count). The molecular formula is C20H24ClN3O2. The van der Waals surface area contributed by atoms with Gasteiger partial charge < -0.3 is 15.6 Å². The van der Waals surface area contributed by atoms with Crippen molar-refractivity contribution in [3.05, 3.63) is 69.1 Å². The Morgan fingerprint density at radius 3 is 2.62 bits per heavy atom. The normalized spacial score (nSPS) is 21.8. The van der Waals surface area contributed by atoms with Gasteiger partial charge in [0, 0.05) is 30.7 Å². The molecule has 1 aromatic carbocycles. The van der Waals surface area contributed by atoms with Crippen molar-refractivity contribution in [1.29, 1.82) is 0 Å². The maximum atomic E-state index is 12.9. The molecule has 3 N–H and O–H groups in total. The highest BCUT2D eigenvalue weighted by Crippen LogP contribution is 2.27. The van der Waals surface area contributed by atoms with Gasteiger partial charge in [0.15, 0.2) is 0 Å². The number of amides is 1. The molecule has 0 radical (unpaired) electrons. The molecule has 2 aliphatic rings. The first kappa shape index (κ1) is 18.7. The second kappa shape index (κ2) is 7.64. The van der Waals surface area contributed by atoms with Crippen LogP contribution in [-0.4, -0.2) is 34.9 Å². The van der Waals surface area contributed by atoms with E-state index in [9.17, 15) is 9.59 Å². The van der Waals surface area contributed by atoms with Crippen molar-refractivity contribution in [3.8, 4) is 0 Å². The first-order chi connectivity index (χ1) is 12.1.